The van der Waals surface area contributed by atoms with Gasteiger partial charge < -0.3 is 0 Å². The smallest absolute Gasteiger partial charge is 0.106 e. The summed E-state index contributed by atoms with van der Waals surface area (Å²) in [6.45, 7) is 10.4. The molecule has 0 bridgehead atoms. The van der Waals surface area contributed by atoms with Gasteiger partial charge in [0.1, 0.15) is 4.87 Å². The molecule has 0 N–H and O–H groups in total. The molecule has 1 fully saturated rings. The molecule has 0 amide bonds. The maximum absolute atomic E-state index is 4.82. The van der Waals surface area contributed by atoms with Crippen molar-refractivity contribution in [1.82, 2.24) is 5.01 Å². The molecule has 0 spiro atoms. The molecule has 0 aromatic rings. The number of hydrazone groups is 1. The van der Waals surface area contributed by atoms with Crippen molar-refractivity contribution in [2.75, 3.05) is 6.54 Å². The van der Waals surface area contributed by atoms with Crippen LogP contribution in [0, 0.1) is 11.8 Å². The van der Waals surface area contributed by atoms with Gasteiger partial charge in [-0.05, 0) is 32.1 Å². The highest BCUT2D eigenvalue weighted by Crippen LogP contribution is 2.45. The monoisotopic (exact) mass is 226 g/mol. The summed E-state index contributed by atoms with van der Waals surface area (Å²) in [5.41, 5.74) is 0. The molecular weight excluding hydrogens is 204 g/mol. The Kier molecular flexibility index (Phi) is 3.02. The standard InChI is InChI=1S/C12H22N2S/c1-9(2)10(3)11-13-14-8-6-5-7-12(14,4)15-11/h9-10H,5-8H2,1-4H3. The lowest BCUT2D eigenvalue weighted by molar-refractivity contribution is 0.147. The van der Waals surface area contributed by atoms with E-state index in [9.17, 15) is 0 Å². The van der Waals surface area contributed by atoms with Crippen molar-refractivity contribution in [3.63, 3.8) is 0 Å². The number of piperidine rings is 1. The molecule has 2 aliphatic heterocycles. The van der Waals surface area contributed by atoms with Crippen molar-refractivity contribution in [3.8, 4) is 0 Å². The van der Waals surface area contributed by atoms with Gasteiger partial charge in [0.25, 0.3) is 0 Å². The van der Waals surface area contributed by atoms with E-state index in [-0.39, 0.29) is 4.87 Å². The Labute approximate surface area is 97.5 Å². The number of nitrogens with zero attached hydrogens (tertiary/aromatic N) is 2. The minimum atomic E-state index is 0.275. The summed E-state index contributed by atoms with van der Waals surface area (Å²) in [6, 6.07) is 0. The van der Waals surface area contributed by atoms with Crippen LogP contribution in [0.2, 0.25) is 0 Å². The van der Waals surface area contributed by atoms with Crippen LogP contribution in [0.3, 0.4) is 0 Å². The van der Waals surface area contributed by atoms with E-state index in [2.05, 4.69) is 32.7 Å². The minimum absolute atomic E-state index is 0.275. The van der Waals surface area contributed by atoms with Gasteiger partial charge in [0.15, 0.2) is 0 Å². The van der Waals surface area contributed by atoms with Crippen LogP contribution in [-0.2, 0) is 0 Å². The van der Waals surface area contributed by atoms with Crippen molar-refractivity contribution in [2.45, 2.75) is 51.8 Å². The van der Waals surface area contributed by atoms with E-state index in [1.807, 2.05) is 11.8 Å². The van der Waals surface area contributed by atoms with Crippen molar-refractivity contribution >= 4 is 16.8 Å². The zero-order valence-corrected chi connectivity index (χ0v) is 11.1. The van der Waals surface area contributed by atoms with E-state index in [0.717, 1.165) is 6.54 Å². The maximum Gasteiger partial charge on any atom is 0.106 e. The van der Waals surface area contributed by atoms with Crippen LogP contribution >= 0.6 is 11.8 Å². The van der Waals surface area contributed by atoms with Gasteiger partial charge in [-0.15, -0.1) is 0 Å². The highest BCUT2D eigenvalue weighted by Gasteiger charge is 2.42. The Morgan fingerprint density at radius 2 is 2.07 bits per heavy atom. The zero-order chi connectivity index (χ0) is 11.1. The molecule has 0 saturated carbocycles. The second-order valence-corrected chi connectivity index (χ2v) is 6.83. The van der Waals surface area contributed by atoms with Gasteiger partial charge in [-0.25, -0.2) is 0 Å². The number of hydrogen-bond donors (Lipinski definition) is 0. The highest BCUT2D eigenvalue weighted by molar-refractivity contribution is 8.15. The normalized spacial score (nSPS) is 32.9. The molecule has 2 heterocycles. The Balaban J connectivity index is 2.11. The van der Waals surface area contributed by atoms with Crippen LogP contribution in [0.5, 0.6) is 0 Å². The first-order valence-electron chi connectivity index (χ1n) is 6.08. The molecule has 3 heteroatoms. The maximum atomic E-state index is 4.82. The lowest BCUT2D eigenvalue weighted by Crippen LogP contribution is -2.40. The molecule has 86 valence electrons. The number of hydrogen-bond acceptors (Lipinski definition) is 3. The summed E-state index contributed by atoms with van der Waals surface area (Å²) in [4.78, 5) is 0.275. The second kappa shape index (κ2) is 4.00. The quantitative estimate of drug-likeness (QED) is 0.715. The van der Waals surface area contributed by atoms with Crippen LogP contribution in [0.1, 0.15) is 47.0 Å². The fourth-order valence-corrected chi connectivity index (χ4v) is 3.71. The molecule has 15 heavy (non-hydrogen) atoms. The third-order valence-electron chi connectivity index (χ3n) is 3.74. The molecule has 1 saturated heterocycles. The number of rotatable bonds is 2. The summed E-state index contributed by atoms with van der Waals surface area (Å²) >= 11 is 2.01. The summed E-state index contributed by atoms with van der Waals surface area (Å²) in [5, 5.41) is 8.50. The lowest BCUT2D eigenvalue weighted by Gasteiger charge is -2.37. The van der Waals surface area contributed by atoms with Crippen LogP contribution < -0.4 is 0 Å². The van der Waals surface area contributed by atoms with E-state index in [0.29, 0.717) is 11.8 Å². The van der Waals surface area contributed by atoms with Crippen LogP contribution in [0.4, 0.5) is 0 Å². The predicted molar refractivity (Wildman–Crippen MR) is 68.0 cm³/mol. The zero-order valence-electron chi connectivity index (χ0n) is 10.3. The molecule has 0 radical (unpaired) electrons. The van der Waals surface area contributed by atoms with Gasteiger partial charge in [0, 0.05) is 12.5 Å². The summed E-state index contributed by atoms with van der Waals surface area (Å²) in [5.74, 6) is 1.30. The van der Waals surface area contributed by atoms with Gasteiger partial charge in [-0.1, -0.05) is 32.5 Å². The Hall–Kier alpha value is -0.180. The van der Waals surface area contributed by atoms with E-state index < -0.39 is 0 Å². The molecule has 0 aromatic heterocycles. The first kappa shape index (κ1) is 11.3. The van der Waals surface area contributed by atoms with Gasteiger partial charge >= 0.3 is 0 Å². The molecule has 2 unspecified atom stereocenters. The lowest BCUT2D eigenvalue weighted by atomic mass is 10.00. The average Bonchev–Trinajstić information content (AvgIpc) is 2.53. The number of fused-ring (bicyclic) bond motifs is 1. The summed E-state index contributed by atoms with van der Waals surface area (Å²) < 4.78 is 0. The van der Waals surface area contributed by atoms with Gasteiger partial charge in [-0.3, -0.25) is 5.01 Å². The average molecular weight is 226 g/mol. The van der Waals surface area contributed by atoms with E-state index in [1.54, 1.807) is 0 Å². The van der Waals surface area contributed by atoms with E-state index >= 15 is 0 Å². The second-order valence-electron chi connectivity index (χ2n) is 5.33. The van der Waals surface area contributed by atoms with Gasteiger partial charge in [0.2, 0.25) is 0 Å². The Morgan fingerprint density at radius 1 is 1.33 bits per heavy atom. The van der Waals surface area contributed by atoms with Crippen LogP contribution in [-0.4, -0.2) is 21.5 Å². The minimum Gasteiger partial charge on any atom is -0.280 e. The third kappa shape index (κ3) is 2.03. The Bertz CT molecular complexity index is 275. The molecule has 0 aromatic carbocycles. The summed E-state index contributed by atoms with van der Waals surface area (Å²) in [7, 11) is 0. The van der Waals surface area contributed by atoms with Crippen molar-refractivity contribution in [3.05, 3.63) is 0 Å². The SMILES string of the molecule is CC(C)C(C)C1=NN2CCCCC2(C)S1. The van der Waals surface area contributed by atoms with Crippen molar-refractivity contribution < 1.29 is 0 Å². The first-order chi connectivity index (χ1) is 7.03. The van der Waals surface area contributed by atoms with Crippen molar-refractivity contribution in [1.29, 1.82) is 0 Å². The van der Waals surface area contributed by atoms with E-state index in [4.69, 9.17) is 5.10 Å². The molecule has 2 nitrogen and oxygen atoms in total. The highest BCUT2D eigenvalue weighted by atomic mass is 32.2. The van der Waals surface area contributed by atoms with Crippen molar-refractivity contribution in [2.24, 2.45) is 16.9 Å². The molecule has 2 rings (SSSR count). The molecular formula is C12H22N2S. The molecule has 2 aliphatic rings. The van der Waals surface area contributed by atoms with Crippen LogP contribution in [0.25, 0.3) is 0 Å². The van der Waals surface area contributed by atoms with E-state index in [1.165, 1.54) is 24.3 Å². The Morgan fingerprint density at radius 3 is 2.67 bits per heavy atom. The molecule has 2 atom stereocenters. The van der Waals surface area contributed by atoms with Gasteiger partial charge in [0.05, 0.1) is 5.04 Å². The van der Waals surface area contributed by atoms with Gasteiger partial charge in [-0.2, -0.15) is 5.10 Å². The fraction of sp³-hybridized carbons (Fsp3) is 0.917. The summed E-state index contributed by atoms with van der Waals surface area (Å²) in [6.07, 6.45) is 3.96. The fourth-order valence-electron chi connectivity index (χ4n) is 2.17. The predicted octanol–water partition coefficient (Wildman–Crippen LogP) is 3.54. The third-order valence-corrected chi connectivity index (χ3v) is 5.26. The largest absolute Gasteiger partial charge is 0.280 e. The number of thioether (sulfide) groups is 1. The first-order valence-corrected chi connectivity index (χ1v) is 6.90. The van der Waals surface area contributed by atoms with Crippen LogP contribution in [0.15, 0.2) is 5.10 Å². The molecule has 0 aliphatic carbocycles. The topological polar surface area (TPSA) is 15.6 Å².